The van der Waals surface area contributed by atoms with Crippen molar-refractivity contribution < 1.29 is 17.9 Å². The maximum Gasteiger partial charge on any atom is 0.276 e. The number of benzene rings is 1. The Bertz CT molecular complexity index is 1000. The van der Waals surface area contributed by atoms with Gasteiger partial charge in [0.25, 0.3) is 10.2 Å². The molecule has 9 nitrogen and oxygen atoms in total. The Hall–Kier alpha value is -2.17. The fourth-order valence-electron chi connectivity index (χ4n) is 4.05. The molecule has 1 saturated heterocycles. The highest BCUT2D eigenvalue weighted by Gasteiger charge is 2.54. The number of hydrogen-bond acceptors (Lipinski definition) is 7. The Morgan fingerprint density at radius 3 is 2.43 bits per heavy atom. The zero-order chi connectivity index (χ0) is 20.1. The maximum absolute atomic E-state index is 11.6. The molecule has 0 radical (unpaired) electrons. The predicted octanol–water partition coefficient (Wildman–Crippen LogP) is 0.999. The molecular formula is C18H25N5O4S. The molecule has 1 aromatic heterocycles. The van der Waals surface area contributed by atoms with Crippen LogP contribution in [0.4, 0.5) is 5.82 Å². The molecule has 0 atom stereocenters. The van der Waals surface area contributed by atoms with E-state index in [0.29, 0.717) is 24.0 Å². The second-order valence-electron chi connectivity index (χ2n) is 7.69. The van der Waals surface area contributed by atoms with E-state index in [0.717, 1.165) is 42.7 Å². The summed E-state index contributed by atoms with van der Waals surface area (Å²) in [4.78, 5) is 11.0. The summed E-state index contributed by atoms with van der Waals surface area (Å²) in [5.41, 5.74) is 0.822. The van der Waals surface area contributed by atoms with E-state index < -0.39 is 10.2 Å². The SMILES string of the molecule is COc1cc2ncnc(N3CC(C4(CN(C)S(N)(=O)=O)CC4)C3)c2cc1OC. The fourth-order valence-corrected chi connectivity index (χ4v) is 4.49. The minimum absolute atomic E-state index is 0.0292. The first kappa shape index (κ1) is 19.2. The second-order valence-corrected chi connectivity index (χ2v) is 9.34. The lowest BCUT2D eigenvalue weighted by molar-refractivity contribution is 0.213. The van der Waals surface area contributed by atoms with Gasteiger partial charge in [0.15, 0.2) is 11.5 Å². The number of nitrogens with zero attached hydrogens (tertiary/aromatic N) is 4. The first-order chi connectivity index (χ1) is 13.3. The summed E-state index contributed by atoms with van der Waals surface area (Å²) in [6.45, 7) is 2.14. The Labute approximate surface area is 164 Å². The molecule has 2 fully saturated rings. The summed E-state index contributed by atoms with van der Waals surface area (Å²) in [5, 5.41) is 6.16. The first-order valence-electron chi connectivity index (χ1n) is 9.13. The quantitative estimate of drug-likeness (QED) is 0.729. The molecule has 4 rings (SSSR count). The summed E-state index contributed by atoms with van der Waals surface area (Å²) < 4.78 is 35.2. The topological polar surface area (TPSA) is 111 Å². The van der Waals surface area contributed by atoms with Crippen molar-refractivity contribution in [3.63, 3.8) is 0 Å². The molecule has 0 unspecified atom stereocenters. The highest BCUT2D eigenvalue weighted by atomic mass is 32.2. The largest absolute Gasteiger partial charge is 0.493 e. The molecule has 1 aliphatic carbocycles. The van der Waals surface area contributed by atoms with Crippen molar-refractivity contribution in [1.29, 1.82) is 0 Å². The van der Waals surface area contributed by atoms with E-state index >= 15 is 0 Å². The number of hydrogen-bond donors (Lipinski definition) is 1. The van der Waals surface area contributed by atoms with Crippen molar-refractivity contribution in [1.82, 2.24) is 14.3 Å². The smallest absolute Gasteiger partial charge is 0.276 e. The Morgan fingerprint density at radius 1 is 1.21 bits per heavy atom. The monoisotopic (exact) mass is 407 g/mol. The van der Waals surface area contributed by atoms with E-state index in [1.807, 2.05) is 12.1 Å². The van der Waals surface area contributed by atoms with Gasteiger partial charge in [0.05, 0.1) is 19.7 Å². The van der Waals surface area contributed by atoms with Crippen molar-refractivity contribution in [2.45, 2.75) is 12.8 Å². The molecule has 152 valence electrons. The van der Waals surface area contributed by atoms with E-state index in [1.165, 1.54) is 4.31 Å². The van der Waals surface area contributed by atoms with Gasteiger partial charge >= 0.3 is 0 Å². The van der Waals surface area contributed by atoms with Gasteiger partial charge in [0, 0.05) is 44.1 Å². The van der Waals surface area contributed by atoms with E-state index in [1.54, 1.807) is 27.6 Å². The number of nitrogens with two attached hydrogens (primary N) is 1. The van der Waals surface area contributed by atoms with Crippen LogP contribution in [0, 0.1) is 11.3 Å². The standard InChI is InChI=1S/C18H25N5O4S/c1-22(28(19,24)25)10-18(4-5-18)12-8-23(9-12)17-13-6-15(26-2)16(27-3)7-14(13)20-11-21-17/h6-7,11-12H,4-5,8-10H2,1-3H3,(H2,19,24,25). The van der Waals surface area contributed by atoms with Crippen molar-refractivity contribution in [3.8, 4) is 11.5 Å². The van der Waals surface area contributed by atoms with Gasteiger partial charge in [0.2, 0.25) is 0 Å². The molecule has 2 aliphatic rings. The first-order valence-corrected chi connectivity index (χ1v) is 10.6. The van der Waals surface area contributed by atoms with Gasteiger partial charge in [0.1, 0.15) is 12.1 Å². The van der Waals surface area contributed by atoms with E-state index in [9.17, 15) is 8.42 Å². The number of anilines is 1. The van der Waals surface area contributed by atoms with Crippen LogP contribution in [0.5, 0.6) is 11.5 Å². The average molecular weight is 407 g/mol. The van der Waals surface area contributed by atoms with Crippen molar-refractivity contribution in [2.24, 2.45) is 16.5 Å². The summed E-state index contributed by atoms with van der Waals surface area (Å²) >= 11 is 0. The number of rotatable bonds is 7. The summed E-state index contributed by atoms with van der Waals surface area (Å²) in [6, 6.07) is 3.75. The van der Waals surface area contributed by atoms with Crippen LogP contribution in [0.25, 0.3) is 10.9 Å². The molecule has 2 aromatic rings. The van der Waals surface area contributed by atoms with E-state index in [-0.39, 0.29) is 5.41 Å². The summed E-state index contributed by atoms with van der Waals surface area (Å²) in [6.07, 6.45) is 3.61. The summed E-state index contributed by atoms with van der Waals surface area (Å²) in [7, 11) is 1.10. The van der Waals surface area contributed by atoms with Crippen LogP contribution in [0.15, 0.2) is 18.5 Å². The molecule has 0 spiro atoms. The molecule has 0 bridgehead atoms. The normalized spacial score (nSPS) is 19.0. The van der Waals surface area contributed by atoms with Crippen LogP contribution in [0.2, 0.25) is 0 Å². The van der Waals surface area contributed by atoms with Crippen molar-refractivity contribution in [2.75, 3.05) is 45.8 Å². The highest BCUT2D eigenvalue weighted by molar-refractivity contribution is 7.86. The zero-order valence-corrected chi connectivity index (χ0v) is 17.1. The Morgan fingerprint density at radius 2 is 1.86 bits per heavy atom. The van der Waals surface area contributed by atoms with Crippen LogP contribution < -0.4 is 19.5 Å². The predicted molar refractivity (Wildman–Crippen MR) is 106 cm³/mol. The van der Waals surface area contributed by atoms with Gasteiger partial charge in [-0.05, 0) is 24.3 Å². The van der Waals surface area contributed by atoms with Gasteiger partial charge in [-0.15, -0.1) is 0 Å². The minimum atomic E-state index is -3.65. The van der Waals surface area contributed by atoms with Crippen LogP contribution in [0.3, 0.4) is 0 Å². The van der Waals surface area contributed by atoms with Crippen LogP contribution in [0.1, 0.15) is 12.8 Å². The van der Waals surface area contributed by atoms with Crippen LogP contribution in [-0.4, -0.2) is 63.6 Å². The third kappa shape index (κ3) is 3.25. The second kappa shape index (κ2) is 6.71. The third-order valence-corrected chi connectivity index (χ3v) is 7.03. The molecule has 1 aromatic carbocycles. The molecule has 10 heteroatoms. The molecule has 2 heterocycles. The maximum atomic E-state index is 11.6. The van der Waals surface area contributed by atoms with E-state index in [2.05, 4.69) is 14.9 Å². The molecule has 28 heavy (non-hydrogen) atoms. The molecule has 1 aliphatic heterocycles. The number of aromatic nitrogens is 2. The van der Waals surface area contributed by atoms with Gasteiger partial charge in [-0.3, -0.25) is 0 Å². The Balaban J connectivity index is 1.54. The van der Waals surface area contributed by atoms with Gasteiger partial charge < -0.3 is 14.4 Å². The summed E-state index contributed by atoms with van der Waals surface area (Å²) in [5.74, 6) is 2.54. The van der Waals surface area contributed by atoms with Crippen LogP contribution in [-0.2, 0) is 10.2 Å². The van der Waals surface area contributed by atoms with Gasteiger partial charge in [-0.25, -0.2) is 15.1 Å². The highest BCUT2D eigenvalue weighted by Crippen LogP contribution is 2.56. The lowest BCUT2D eigenvalue weighted by Crippen LogP contribution is -2.54. The number of methoxy groups -OCH3 is 2. The average Bonchev–Trinajstić information content (AvgIpc) is 3.38. The van der Waals surface area contributed by atoms with Crippen molar-refractivity contribution >= 4 is 26.9 Å². The van der Waals surface area contributed by atoms with Gasteiger partial charge in [-0.2, -0.15) is 12.7 Å². The van der Waals surface area contributed by atoms with Crippen LogP contribution >= 0.6 is 0 Å². The molecule has 2 N–H and O–H groups in total. The number of fused-ring (bicyclic) bond motifs is 1. The molecule has 1 saturated carbocycles. The zero-order valence-electron chi connectivity index (χ0n) is 16.3. The van der Waals surface area contributed by atoms with Crippen molar-refractivity contribution in [3.05, 3.63) is 18.5 Å². The lowest BCUT2D eigenvalue weighted by Gasteiger charge is -2.45. The molecular weight excluding hydrogens is 382 g/mol. The lowest BCUT2D eigenvalue weighted by atomic mass is 9.82. The third-order valence-electron chi connectivity index (χ3n) is 6.03. The Kier molecular flexibility index (Phi) is 4.59. The minimum Gasteiger partial charge on any atom is -0.493 e. The van der Waals surface area contributed by atoms with E-state index in [4.69, 9.17) is 14.6 Å². The molecule has 0 amide bonds. The fraction of sp³-hybridized carbons (Fsp3) is 0.556. The van der Waals surface area contributed by atoms with Gasteiger partial charge in [-0.1, -0.05) is 0 Å². The number of ether oxygens (including phenoxy) is 2.